The van der Waals surface area contributed by atoms with Gasteiger partial charge < -0.3 is 9.47 Å². The molecule has 0 fully saturated rings. The second-order valence-electron chi connectivity index (χ2n) is 7.14. The van der Waals surface area contributed by atoms with Gasteiger partial charge in [0.1, 0.15) is 17.3 Å². The molecule has 4 aromatic rings. The molecule has 158 valence electrons. The molecule has 4 rings (SSSR count). The van der Waals surface area contributed by atoms with Gasteiger partial charge in [-0.3, -0.25) is 4.68 Å². The monoisotopic (exact) mass is 436 g/mol. The van der Waals surface area contributed by atoms with Crippen molar-refractivity contribution < 1.29 is 13.9 Å². The first kappa shape index (κ1) is 20.9. The summed E-state index contributed by atoms with van der Waals surface area (Å²) in [6.45, 7) is 2.21. The summed E-state index contributed by atoms with van der Waals surface area (Å²) in [7, 11) is 3.26. The molecule has 1 aromatic heterocycles. The molecule has 0 N–H and O–H groups in total. The Hall–Kier alpha value is -3.31. The Labute approximate surface area is 185 Å². The van der Waals surface area contributed by atoms with E-state index in [0.29, 0.717) is 10.6 Å². The predicted octanol–water partition coefficient (Wildman–Crippen LogP) is 6.38. The molecular weight excluding hydrogens is 415 g/mol. The molecule has 0 unspecified atom stereocenters. The van der Waals surface area contributed by atoms with Gasteiger partial charge in [-0.05, 0) is 43.3 Å². The second kappa shape index (κ2) is 8.82. The number of benzene rings is 3. The van der Waals surface area contributed by atoms with E-state index in [2.05, 4.69) is 0 Å². The SMILES string of the molecule is COc1cccc(-c2nn(Cc3c(F)cccc3Cl)c(-c3cccc(OC)c3)c2C)c1. The Morgan fingerprint density at radius 3 is 2.16 bits per heavy atom. The smallest absolute Gasteiger partial charge is 0.129 e. The van der Waals surface area contributed by atoms with Crippen LogP contribution < -0.4 is 9.47 Å². The average Bonchev–Trinajstić information content (AvgIpc) is 3.12. The van der Waals surface area contributed by atoms with Gasteiger partial charge in [-0.25, -0.2) is 4.39 Å². The lowest BCUT2D eigenvalue weighted by Crippen LogP contribution is -2.07. The van der Waals surface area contributed by atoms with Crippen LogP contribution in [0.4, 0.5) is 4.39 Å². The van der Waals surface area contributed by atoms with Crippen LogP contribution in [0.15, 0.2) is 66.7 Å². The highest BCUT2D eigenvalue weighted by Crippen LogP contribution is 2.35. The van der Waals surface area contributed by atoms with Gasteiger partial charge in [0.2, 0.25) is 0 Å². The molecule has 0 aliphatic carbocycles. The summed E-state index contributed by atoms with van der Waals surface area (Å²) in [6, 6.07) is 20.2. The minimum Gasteiger partial charge on any atom is -0.497 e. The van der Waals surface area contributed by atoms with E-state index in [1.807, 2.05) is 55.5 Å². The van der Waals surface area contributed by atoms with E-state index in [4.69, 9.17) is 26.2 Å². The fraction of sp³-hybridized carbons (Fsp3) is 0.160. The molecular formula is C25H22ClFN2O2. The third-order valence-electron chi connectivity index (χ3n) is 5.25. The van der Waals surface area contributed by atoms with Gasteiger partial charge >= 0.3 is 0 Å². The van der Waals surface area contributed by atoms with Crippen LogP contribution in [0.3, 0.4) is 0 Å². The number of methoxy groups -OCH3 is 2. The minimum atomic E-state index is -0.361. The zero-order valence-corrected chi connectivity index (χ0v) is 18.3. The lowest BCUT2D eigenvalue weighted by molar-refractivity contribution is 0.415. The topological polar surface area (TPSA) is 36.3 Å². The summed E-state index contributed by atoms with van der Waals surface area (Å²) in [5.41, 5.74) is 4.87. The lowest BCUT2D eigenvalue weighted by atomic mass is 10.0. The van der Waals surface area contributed by atoms with E-state index in [9.17, 15) is 4.39 Å². The first-order valence-corrected chi connectivity index (χ1v) is 10.2. The summed E-state index contributed by atoms with van der Waals surface area (Å²) < 4.78 is 27.1. The Kier molecular flexibility index (Phi) is 5.96. The lowest BCUT2D eigenvalue weighted by Gasteiger charge is -2.12. The normalized spacial score (nSPS) is 10.9. The molecule has 0 aliphatic rings. The zero-order chi connectivity index (χ0) is 22.0. The van der Waals surface area contributed by atoms with Crippen molar-refractivity contribution >= 4 is 11.6 Å². The molecule has 0 aliphatic heterocycles. The molecule has 0 spiro atoms. The number of hydrogen-bond donors (Lipinski definition) is 0. The van der Waals surface area contributed by atoms with Crippen LogP contribution in [0.2, 0.25) is 5.02 Å². The van der Waals surface area contributed by atoms with Crippen LogP contribution >= 0.6 is 11.6 Å². The van der Waals surface area contributed by atoms with Crippen LogP contribution in [0.25, 0.3) is 22.5 Å². The number of ether oxygens (including phenoxy) is 2. The van der Waals surface area contributed by atoms with Gasteiger partial charge in [-0.1, -0.05) is 41.9 Å². The largest absolute Gasteiger partial charge is 0.497 e. The highest BCUT2D eigenvalue weighted by atomic mass is 35.5. The maximum Gasteiger partial charge on any atom is 0.129 e. The third-order valence-corrected chi connectivity index (χ3v) is 5.60. The zero-order valence-electron chi connectivity index (χ0n) is 17.5. The van der Waals surface area contributed by atoms with Crippen molar-refractivity contribution in [2.45, 2.75) is 13.5 Å². The van der Waals surface area contributed by atoms with E-state index in [1.54, 1.807) is 31.0 Å². The Bertz CT molecular complexity index is 1220. The van der Waals surface area contributed by atoms with Crippen molar-refractivity contribution in [1.29, 1.82) is 0 Å². The molecule has 0 radical (unpaired) electrons. The number of nitrogens with zero attached hydrogens (tertiary/aromatic N) is 2. The van der Waals surface area contributed by atoms with E-state index >= 15 is 0 Å². The van der Waals surface area contributed by atoms with Crippen LogP contribution in [0.5, 0.6) is 11.5 Å². The highest BCUT2D eigenvalue weighted by Gasteiger charge is 2.20. The second-order valence-corrected chi connectivity index (χ2v) is 7.55. The molecule has 1 heterocycles. The number of halogens is 2. The van der Waals surface area contributed by atoms with Crippen LogP contribution in [0, 0.1) is 12.7 Å². The van der Waals surface area contributed by atoms with Gasteiger partial charge in [0.05, 0.1) is 32.2 Å². The Morgan fingerprint density at radius 2 is 1.52 bits per heavy atom. The van der Waals surface area contributed by atoms with Gasteiger partial charge in [0.25, 0.3) is 0 Å². The minimum absolute atomic E-state index is 0.197. The fourth-order valence-electron chi connectivity index (χ4n) is 3.68. The molecule has 31 heavy (non-hydrogen) atoms. The molecule has 0 saturated heterocycles. The molecule has 0 amide bonds. The molecule has 0 atom stereocenters. The van der Waals surface area contributed by atoms with Crippen LogP contribution in [-0.2, 0) is 6.54 Å². The summed E-state index contributed by atoms with van der Waals surface area (Å²) in [6.07, 6.45) is 0. The average molecular weight is 437 g/mol. The van der Waals surface area contributed by atoms with Crippen molar-refractivity contribution in [2.75, 3.05) is 14.2 Å². The van der Waals surface area contributed by atoms with Gasteiger partial charge in [0, 0.05) is 27.3 Å². The summed E-state index contributed by atoms with van der Waals surface area (Å²) in [4.78, 5) is 0. The summed E-state index contributed by atoms with van der Waals surface area (Å²) in [5.74, 6) is 1.11. The van der Waals surface area contributed by atoms with E-state index in [-0.39, 0.29) is 12.4 Å². The van der Waals surface area contributed by atoms with E-state index < -0.39 is 0 Å². The van der Waals surface area contributed by atoms with Crippen LogP contribution in [-0.4, -0.2) is 24.0 Å². The molecule has 0 bridgehead atoms. The predicted molar refractivity (Wildman–Crippen MR) is 121 cm³/mol. The van der Waals surface area contributed by atoms with Crippen molar-refractivity contribution in [3.63, 3.8) is 0 Å². The first-order chi connectivity index (χ1) is 15.0. The Morgan fingerprint density at radius 1 is 0.903 bits per heavy atom. The van der Waals surface area contributed by atoms with Gasteiger partial charge in [0.15, 0.2) is 0 Å². The quantitative estimate of drug-likeness (QED) is 0.351. The Balaban J connectivity index is 1.91. The van der Waals surface area contributed by atoms with Crippen molar-refractivity contribution in [2.24, 2.45) is 0 Å². The maximum absolute atomic E-state index is 14.6. The molecule has 6 heteroatoms. The van der Waals surface area contributed by atoms with E-state index in [1.165, 1.54) is 6.07 Å². The standard InChI is InChI=1S/C25H22ClFN2O2/c1-16-24(17-7-4-9-19(13-17)30-2)28-29(15-21-22(26)11-6-12-23(21)27)25(16)18-8-5-10-20(14-18)31-3/h4-14H,15H2,1-3H3. The summed E-state index contributed by atoms with van der Waals surface area (Å²) in [5, 5.41) is 5.23. The molecule has 3 aromatic carbocycles. The number of hydrogen-bond acceptors (Lipinski definition) is 3. The van der Waals surface area contributed by atoms with Crippen molar-refractivity contribution in [3.8, 4) is 34.0 Å². The first-order valence-electron chi connectivity index (χ1n) is 9.81. The number of aromatic nitrogens is 2. The van der Waals surface area contributed by atoms with Crippen molar-refractivity contribution in [1.82, 2.24) is 9.78 Å². The molecule has 4 nitrogen and oxygen atoms in total. The number of rotatable bonds is 6. The highest BCUT2D eigenvalue weighted by molar-refractivity contribution is 6.31. The van der Waals surface area contributed by atoms with Crippen molar-refractivity contribution in [3.05, 3.63) is 88.7 Å². The summed E-state index contributed by atoms with van der Waals surface area (Å²) >= 11 is 6.31. The third kappa shape index (κ3) is 4.14. The van der Waals surface area contributed by atoms with Gasteiger partial charge in [-0.15, -0.1) is 0 Å². The molecule has 0 saturated carbocycles. The van der Waals surface area contributed by atoms with Gasteiger partial charge in [-0.2, -0.15) is 5.10 Å². The van der Waals surface area contributed by atoms with Crippen LogP contribution in [0.1, 0.15) is 11.1 Å². The van der Waals surface area contributed by atoms with E-state index in [0.717, 1.165) is 39.6 Å². The maximum atomic E-state index is 14.6. The fourth-order valence-corrected chi connectivity index (χ4v) is 3.90.